The standard InChI is InChI=1S/C17H18N4O2S/c1-24-17-8-16-15(22-4-5-23-16)7-12(17)10-18-9-11-2-3-13-14(6-11)20-21-19-13/h2-3,6-8,18H,4-5,9-10H2,1H3,(H,19,20,21). The molecule has 0 fully saturated rings. The lowest BCUT2D eigenvalue weighted by molar-refractivity contribution is 0.171. The summed E-state index contributed by atoms with van der Waals surface area (Å²) in [5.74, 6) is 1.67. The molecule has 24 heavy (non-hydrogen) atoms. The Morgan fingerprint density at radius 1 is 1.04 bits per heavy atom. The molecule has 0 aliphatic carbocycles. The van der Waals surface area contributed by atoms with E-state index in [9.17, 15) is 0 Å². The van der Waals surface area contributed by atoms with Crippen molar-refractivity contribution in [3.8, 4) is 11.5 Å². The molecule has 3 aromatic rings. The predicted molar refractivity (Wildman–Crippen MR) is 93.6 cm³/mol. The van der Waals surface area contributed by atoms with Crippen molar-refractivity contribution in [2.75, 3.05) is 19.5 Å². The quantitative estimate of drug-likeness (QED) is 0.695. The number of aromatic amines is 1. The Balaban J connectivity index is 1.46. The van der Waals surface area contributed by atoms with Gasteiger partial charge < -0.3 is 14.8 Å². The van der Waals surface area contributed by atoms with Crippen molar-refractivity contribution in [2.45, 2.75) is 18.0 Å². The average Bonchev–Trinajstić information content (AvgIpc) is 3.09. The van der Waals surface area contributed by atoms with Gasteiger partial charge in [0.25, 0.3) is 0 Å². The van der Waals surface area contributed by atoms with E-state index in [1.807, 2.05) is 12.1 Å². The van der Waals surface area contributed by atoms with Crippen LogP contribution < -0.4 is 14.8 Å². The monoisotopic (exact) mass is 342 g/mol. The molecular formula is C17H18N4O2S. The van der Waals surface area contributed by atoms with E-state index in [4.69, 9.17) is 9.47 Å². The van der Waals surface area contributed by atoms with Gasteiger partial charge in [0.15, 0.2) is 11.5 Å². The molecule has 0 spiro atoms. The second-order valence-electron chi connectivity index (χ2n) is 5.56. The van der Waals surface area contributed by atoms with Crippen molar-refractivity contribution in [3.05, 3.63) is 41.5 Å². The van der Waals surface area contributed by atoms with E-state index in [0.29, 0.717) is 13.2 Å². The zero-order valence-electron chi connectivity index (χ0n) is 13.3. The van der Waals surface area contributed by atoms with Gasteiger partial charge in [0, 0.05) is 18.0 Å². The molecule has 1 aromatic heterocycles. The van der Waals surface area contributed by atoms with Gasteiger partial charge in [0.1, 0.15) is 24.2 Å². The van der Waals surface area contributed by atoms with Crippen LogP contribution in [0.3, 0.4) is 0 Å². The lowest BCUT2D eigenvalue weighted by Gasteiger charge is -2.21. The average molecular weight is 342 g/mol. The summed E-state index contributed by atoms with van der Waals surface area (Å²) >= 11 is 1.72. The number of rotatable bonds is 5. The van der Waals surface area contributed by atoms with Crippen LogP contribution in [0.2, 0.25) is 0 Å². The molecule has 124 valence electrons. The van der Waals surface area contributed by atoms with Crippen LogP contribution in [-0.2, 0) is 13.1 Å². The summed E-state index contributed by atoms with van der Waals surface area (Å²) in [5, 5.41) is 14.3. The van der Waals surface area contributed by atoms with E-state index in [1.165, 1.54) is 16.0 Å². The summed E-state index contributed by atoms with van der Waals surface area (Å²) in [6.07, 6.45) is 2.08. The molecule has 0 bridgehead atoms. The molecule has 2 heterocycles. The largest absolute Gasteiger partial charge is 0.486 e. The Hall–Kier alpha value is -2.25. The normalized spacial score (nSPS) is 13.4. The molecule has 1 aliphatic rings. The van der Waals surface area contributed by atoms with Crippen molar-refractivity contribution in [1.82, 2.24) is 20.7 Å². The fourth-order valence-electron chi connectivity index (χ4n) is 2.78. The molecule has 6 nitrogen and oxygen atoms in total. The van der Waals surface area contributed by atoms with Crippen LogP contribution in [-0.4, -0.2) is 34.9 Å². The van der Waals surface area contributed by atoms with Crippen LogP contribution in [0, 0.1) is 0 Å². The van der Waals surface area contributed by atoms with E-state index < -0.39 is 0 Å². The number of fused-ring (bicyclic) bond motifs is 2. The minimum atomic E-state index is 0.607. The van der Waals surface area contributed by atoms with Gasteiger partial charge in [-0.2, -0.15) is 15.4 Å². The Bertz CT molecular complexity index is 865. The molecule has 0 saturated heterocycles. The van der Waals surface area contributed by atoms with Gasteiger partial charge in [-0.05, 0) is 41.6 Å². The number of benzene rings is 2. The van der Waals surface area contributed by atoms with Crippen LogP contribution >= 0.6 is 11.8 Å². The summed E-state index contributed by atoms with van der Waals surface area (Å²) in [7, 11) is 0. The van der Waals surface area contributed by atoms with Crippen molar-refractivity contribution in [1.29, 1.82) is 0 Å². The van der Waals surface area contributed by atoms with Gasteiger partial charge in [-0.3, -0.25) is 0 Å². The molecule has 0 amide bonds. The molecule has 1 aliphatic heterocycles. The zero-order valence-corrected chi connectivity index (χ0v) is 14.2. The van der Waals surface area contributed by atoms with Gasteiger partial charge in [-0.25, -0.2) is 0 Å². The highest BCUT2D eigenvalue weighted by molar-refractivity contribution is 7.98. The maximum Gasteiger partial charge on any atom is 0.162 e. The molecule has 4 rings (SSSR count). The van der Waals surface area contributed by atoms with Crippen LogP contribution in [0.15, 0.2) is 35.2 Å². The zero-order chi connectivity index (χ0) is 16.4. The first kappa shape index (κ1) is 15.3. The number of thioether (sulfide) groups is 1. The lowest BCUT2D eigenvalue weighted by atomic mass is 10.1. The van der Waals surface area contributed by atoms with E-state index >= 15 is 0 Å². The van der Waals surface area contributed by atoms with Gasteiger partial charge in [0.05, 0.1) is 0 Å². The summed E-state index contributed by atoms with van der Waals surface area (Å²) in [5.41, 5.74) is 4.17. The maximum atomic E-state index is 5.69. The van der Waals surface area contributed by atoms with Crippen molar-refractivity contribution in [2.24, 2.45) is 0 Å². The molecule has 0 atom stereocenters. The fourth-order valence-corrected chi connectivity index (χ4v) is 3.40. The Labute approximate surface area is 143 Å². The van der Waals surface area contributed by atoms with E-state index in [-0.39, 0.29) is 0 Å². The summed E-state index contributed by atoms with van der Waals surface area (Å²) in [4.78, 5) is 1.21. The maximum absolute atomic E-state index is 5.69. The first-order valence-corrected chi connectivity index (χ1v) is 9.02. The lowest BCUT2D eigenvalue weighted by Crippen LogP contribution is -2.17. The summed E-state index contributed by atoms with van der Waals surface area (Å²) in [6.45, 7) is 2.76. The third-order valence-corrected chi connectivity index (χ3v) is 4.79. The highest BCUT2D eigenvalue weighted by atomic mass is 32.2. The Morgan fingerprint density at radius 3 is 2.67 bits per heavy atom. The van der Waals surface area contributed by atoms with Crippen molar-refractivity contribution < 1.29 is 9.47 Å². The van der Waals surface area contributed by atoms with Crippen LogP contribution in [0.25, 0.3) is 11.0 Å². The van der Waals surface area contributed by atoms with Crippen LogP contribution in [0.4, 0.5) is 0 Å². The van der Waals surface area contributed by atoms with E-state index in [1.54, 1.807) is 11.8 Å². The number of H-pyrrole nitrogens is 1. The van der Waals surface area contributed by atoms with Crippen molar-refractivity contribution >= 4 is 22.8 Å². The first-order chi connectivity index (χ1) is 11.8. The van der Waals surface area contributed by atoms with Gasteiger partial charge >= 0.3 is 0 Å². The highest BCUT2D eigenvalue weighted by Crippen LogP contribution is 2.36. The minimum Gasteiger partial charge on any atom is -0.486 e. The third kappa shape index (κ3) is 3.05. The van der Waals surface area contributed by atoms with E-state index in [0.717, 1.165) is 35.6 Å². The number of ether oxygens (including phenoxy) is 2. The number of hydrogen-bond acceptors (Lipinski definition) is 6. The van der Waals surface area contributed by atoms with Crippen LogP contribution in [0.5, 0.6) is 11.5 Å². The first-order valence-electron chi connectivity index (χ1n) is 7.80. The summed E-state index contributed by atoms with van der Waals surface area (Å²) in [6, 6.07) is 10.2. The number of nitrogens with one attached hydrogen (secondary N) is 2. The molecule has 2 aromatic carbocycles. The highest BCUT2D eigenvalue weighted by Gasteiger charge is 2.15. The molecule has 7 heteroatoms. The minimum absolute atomic E-state index is 0.607. The predicted octanol–water partition coefficient (Wildman–Crippen LogP) is 2.74. The molecule has 0 unspecified atom stereocenters. The second-order valence-corrected chi connectivity index (χ2v) is 6.41. The number of aromatic nitrogens is 3. The van der Waals surface area contributed by atoms with E-state index in [2.05, 4.69) is 45.2 Å². The molecule has 0 radical (unpaired) electrons. The van der Waals surface area contributed by atoms with Crippen LogP contribution in [0.1, 0.15) is 11.1 Å². The van der Waals surface area contributed by atoms with Crippen molar-refractivity contribution in [3.63, 3.8) is 0 Å². The number of nitrogens with zero attached hydrogens (tertiary/aromatic N) is 2. The summed E-state index contributed by atoms with van der Waals surface area (Å²) < 4.78 is 11.3. The third-order valence-electron chi connectivity index (χ3n) is 3.97. The fraction of sp³-hybridized carbons (Fsp3) is 0.294. The molecular weight excluding hydrogens is 324 g/mol. The Morgan fingerprint density at radius 2 is 1.83 bits per heavy atom. The SMILES string of the molecule is CSc1cc2c(cc1CNCc1ccc3n[nH]nc3c1)OCCO2. The Kier molecular flexibility index (Phi) is 4.27. The van der Waals surface area contributed by atoms with Gasteiger partial charge in [0.2, 0.25) is 0 Å². The van der Waals surface area contributed by atoms with Gasteiger partial charge in [-0.1, -0.05) is 6.07 Å². The molecule has 0 saturated carbocycles. The second kappa shape index (κ2) is 6.70. The topological polar surface area (TPSA) is 72.1 Å². The van der Waals surface area contributed by atoms with Gasteiger partial charge in [-0.15, -0.1) is 11.8 Å². The molecule has 2 N–H and O–H groups in total. The smallest absolute Gasteiger partial charge is 0.162 e. The number of hydrogen-bond donors (Lipinski definition) is 2.